The van der Waals surface area contributed by atoms with Gasteiger partial charge in [0, 0.05) is 16.9 Å². The number of aryl methyl sites for hydroxylation is 1. The molecule has 0 aliphatic rings. The number of hydrogen-bond acceptors (Lipinski definition) is 5. The fourth-order valence-electron chi connectivity index (χ4n) is 3.41. The van der Waals surface area contributed by atoms with E-state index < -0.39 is 41.6 Å². The Morgan fingerprint density at radius 1 is 0.886 bits per heavy atom. The van der Waals surface area contributed by atoms with Crippen LogP contribution in [0.2, 0.25) is 5.02 Å². The molecule has 2 aromatic rings. The lowest BCUT2D eigenvalue weighted by molar-refractivity contribution is -0.145. The third kappa shape index (κ3) is 8.49. The molecule has 9 heteroatoms. The molecule has 0 spiro atoms. The predicted octanol–water partition coefficient (Wildman–Crippen LogP) is 3.62. The van der Waals surface area contributed by atoms with Crippen molar-refractivity contribution >= 4 is 35.4 Å². The number of hydrazine groups is 1. The molecule has 8 nitrogen and oxygen atoms in total. The summed E-state index contributed by atoms with van der Waals surface area (Å²) in [6.45, 7) is 5.04. The summed E-state index contributed by atoms with van der Waals surface area (Å²) in [6.07, 6.45) is 1.72. The van der Waals surface area contributed by atoms with Crippen molar-refractivity contribution < 1.29 is 19.2 Å². The van der Waals surface area contributed by atoms with Crippen LogP contribution in [0.25, 0.3) is 0 Å². The van der Waals surface area contributed by atoms with E-state index in [0.29, 0.717) is 35.6 Å². The molecule has 35 heavy (non-hydrogen) atoms. The van der Waals surface area contributed by atoms with Crippen molar-refractivity contribution in [2.75, 3.05) is 0 Å². The smallest absolute Gasteiger partial charge is 0.320 e. The van der Waals surface area contributed by atoms with Gasteiger partial charge in [-0.25, -0.2) is 10.2 Å². The third-order valence-corrected chi connectivity index (χ3v) is 5.97. The molecule has 3 unspecified atom stereocenters. The van der Waals surface area contributed by atoms with Crippen LogP contribution in [0.5, 0.6) is 0 Å². The second-order valence-corrected chi connectivity index (χ2v) is 9.04. The molecule has 5 amide bonds. The van der Waals surface area contributed by atoms with Crippen molar-refractivity contribution in [1.82, 2.24) is 15.8 Å². The lowest BCUT2D eigenvalue weighted by Gasteiger charge is -2.26. The average Bonchev–Trinajstić information content (AvgIpc) is 2.87. The predicted molar refractivity (Wildman–Crippen MR) is 135 cm³/mol. The first kappa shape index (κ1) is 28.0. The van der Waals surface area contributed by atoms with Crippen LogP contribution in [0.1, 0.15) is 44.7 Å². The Morgan fingerprint density at radius 2 is 1.49 bits per heavy atom. The quantitative estimate of drug-likeness (QED) is 0.454. The summed E-state index contributed by atoms with van der Waals surface area (Å²) in [5.41, 5.74) is 11.9. The Kier molecular flexibility index (Phi) is 10.9. The topological polar surface area (TPSA) is 122 Å². The van der Waals surface area contributed by atoms with Gasteiger partial charge in [-0.05, 0) is 48.9 Å². The molecule has 2 aromatic carbocycles. The number of nitrogens with zero attached hydrogens (tertiary/aromatic N) is 1. The normalized spacial score (nSPS) is 13.3. The number of halogens is 1. The lowest BCUT2D eigenvalue weighted by atomic mass is 9.97. The van der Waals surface area contributed by atoms with Crippen LogP contribution in [0.3, 0.4) is 0 Å². The Bertz CT molecular complexity index is 1010. The number of nitrogens with one attached hydrogen (secondary N) is 2. The van der Waals surface area contributed by atoms with Crippen molar-refractivity contribution in [3.8, 4) is 0 Å². The third-order valence-electron chi connectivity index (χ3n) is 5.72. The number of rotatable bonds is 9. The van der Waals surface area contributed by atoms with Crippen LogP contribution < -0.4 is 16.6 Å². The summed E-state index contributed by atoms with van der Waals surface area (Å²) < 4.78 is 0. The maximum Gasteiger partial charge on any atom is 0.349 e. The minimum absolute atomic E-state index is 0.304. The Balaban J connectivity index is 2.16. The van der Waals surface area contributed by atoms with E-state index in [0.717, 1.165) is 11.1 Å². The molecule has 0 saturated heterocycles. The molecule has 188 valence electrons. The van der Waals surface area contributed by atoms with Gasteiger partial charge in [0.25, 0.3) is 5.91 Å². The SMILES string of the molecule is CCC(N)C(=O)NNC(=O)N(C(=O)C(C)CCc1ccccc1)C(=O)C(C)Cc1ccc(Cl)cc1. The Labute approximate surface area is 211 Å². The number of carbonyl (C=O) groups excluding carboxylic acids is 4. The summed E-state index contributed by atoms with van der Waals surface area (Å²) >= 11 is 5.93. The van der Waals surface area contributed by atoms with Gasteiger partial charge in [0.1, 0.15) is 0 Å². The zero-order valence-corrected chi connectivity index (χ0v) is 21.0. The van der Waals surface area contributed by atoms with E-state index in [1.807, 2.05) is 30.3 Å². The number of urea groups is 1. The van der Waals surface area contributed by atoms with Crippen molar-refractivity contribution in [2.45, 2.75) is 52.5 Å². The molecule has 4 N–H and O–H groups in total. The van der Waals surface area contributed by atoms with Gasteiger partial charge in [-0.15, -0.1) is 0 Å². The molecule has 0 fully saturated rings. The van der Waals surface area contributed by atoms with Crippen molar-refractivity contribution in [3.05, 3.63) is 70.7 Å². The van der Waals surface area contributed by atoms with Crippen LogP contribution in [-0.2, 0) is 27.2 Å². The van der Waals surface area contributed by atoms with Crippen molar-refractivity contribution in [2.24, 2.45) is 17.6 Å². The number of benzene rings is 2. The van der Waals surface area contributed by atoms with E-state index in [9.17, 15) is 19.2 Å². The number of nitrogens with two attached hydrogens (primary N) is 1. The van der Waals surface area contributed by atoms with Gasteiger partial charge in [0.2, 0.25) is 11.8 Å². The van der Waals surface area contributed by atoms with E-state index in [1.165, 1.54) is 0 Å². The van der Waals surface area contributed by atoms with Gasteiger partial charge >= 0.3 is 6.03 Å². The molecule has 0 aliphatic carbocycles. The molecule has 0 saturated carbocycles. The van der Waals surface area contributed by atoms with Crippen LogP contribution in [0, 0.1) is 11.8 Å². The van der Waals surface area contributed by atoms with E-state index in [4.69, 9.17) is 17.3 Å². The highest BCUT2D eigenvalue weighted by atomic mass is 35.5. The van der Waals surface area contributed by atoms with Crippen LogP contribution in [0.15, 0.2) is 54.6 Å². The Hall–Kier alpha value is -3.23. The fraction of sp³-hybridized carbons (Fsp3) is 0.385. The van der Waals surface area contributed by atoms with Crippen molar-refractivity contribution in [3.63, 3.8) is 0 Å². The largest absolute Gasteiger partial charge is 0.349 e. The van der Waals surface area contributed by atoms with Crippen LogP contribution in [0.4, 0.5) is 4.79 Å². The Morgan fingerprint density at radius 3 is 2.09 bits per heavy atom. The summed E-state index contributed by atoms with van der Waals surface area (Å²) in [7, 11) is 0. The van der Waals surface area contributed by atoms with Gasteiger partial charge in [0.05, 0.1) is 6.04 Å². The summed E-state index contributed by atoms with van der Waals surface area (Å²) in [4.78, 5) is 52.1. The second kappa shape index (κ2) is 13.6. The number of imide groups is 3. The lowest BCUT2D eigenvalue weighted by Crippen LogP contribution is -2.57. The summed E-state index contributed by atoms with van der Waals surface area (Å²) in [5, 5.41) is 0.567. The molecular formula is C26H33ClN4O4. The van der Waals surface area contributed by atoms with Gasteiger partial charge in [-0.2, -0.15) is 4.90 Å². The first-order valence-corrected chi connectivity index (χ1v) is 12.0. The van der Waals surface area contributed by atoms with Gasteiger partial charge in [0.15, 0.2) is 0 Å². The first-order chi connectivity index (χ1) is 16.6. The van der Waals surface area contributed by atoms with Gasteiger partial charge in [-0.3, -0.25) is 19.8 Å². The molecule has 2 rings (SSSR count). The van der Waals surface area contributed by atoms with Crippen molar-refractivity contribution in [1.29, 1.82) is 0 Å². The van der Waals surface area contributed by atoms with Gasteiger partial charge in [-0.1, -0.05) is 74.8 Å². The maximum absolute atomic E-state index is 13.3. The summed E-state index contributed by atoms with van der Waals surface area (Å²) in [5.74, 6) is -3.21. The number of hydrogen-bond donors (Lipinski definition) is 3. The minimum atomic E-state index is -1.02. The molecule has 0 bridgehead atoms. The molecule has 0 aliphatic heterocycles. The molecule has 0 heterocycles. The first-order valence-electron chi connectivity index (χ1n) is 11.7. The monoisotopic (exact) mass is 500 g/mol. The zero-order valence-electron chi connectivity index (χ0n) is 20.3. The van der Waals surface area contributed by atoms with E-state index >= 15 is 0 Å². The van der Waals surface area contributed by atoms with E-state index in [-0.39, 0.29) is 0 Å². The molecular weight excluding hydrogens is 468 g/mol. The average molecular weight is 501 g/mol. The highest BCUT2D eigenvalue weighted by Crippen LogP contribution is 2.18. The zero-order chi connectivity index (χ0) is 26.0. The highest BCUT2D eigenvalue weighted by Gasteiger charge is 2.35. The van der Waals surface area contributed by atoms with Crippen LogP contribution in [-0.4, -0.2) is 34.7 Å². The summed E-state index contributed by atoms with van der Waals surface area (Å²) in [6, 6.07) is 14.8. The van der Waals surface area contributed by atoms with Crippen LogP contribution >= 0.6 is 11.6 Å². The fourth-order valence-corrected chi connectivity index (χ4v) is 3.54. The highest BCUT2D eigenvalue weighted by molar-refractivity contribution is 6.30. The van der Waals surface area contributed by atoms with E-state index in [1.54, 1.807) is 45.0 Å². The molecule has 3 atom stereocenters. The standard InChI is InChI=1S/C26H33ClN4O4/c1-4-22(28)23(32)29-30-26(35)31(24(33)17(2)10-11-19-8-6-5-7-9-19)25(34)18(3)16-20-12-14-21(27)15-13-20/h5-9,12-15,17-18,22H,4,10-11,16,28H2,1-3H3,(H,29,32)(H,30,35). The van der Waals surface area contributed by atoms with Gasteiger partial charge < -0.3 is 5.73 Å². The number of amides is 5. The maximum atomic E-state index is 13.3. The number of carbonyl (C=O) groups is 4. The molecule has 0 radical (unpaired) electrons. The minimum Gasteiger partial charge on any atom is -0.320 e. The second-order valence-electron chi connectivity index (χ2n) is 8.60. The molecule has 0 aromatic heterocycles. The van der Waals surface area contributed by atoms with E-state index in [2.05, 4.69) is 10.9 Å².